The molecule has 0 saturated carbocycles. The Hall–Kier alpha value is -3.40. The number of fused-ring (bicyclic) bond motifs is 3. The summed E-state index contributed by atoms with van der Waals surface area (Å²) in [6, 6.07) is 16.7. The van der Waals surface area contributed by atoms with Crippen LogP contribution in [0.25, 0.3) is 17.0 Å². The van der Waals surface area contributed by atoms with Gasteiger partial charge in [-0.25, -0.2) is 4.79 Å². The van der Waals surface area contributed by atoms with Crippen molar-refractivity contribution in [3.63, 3.8) is 0 Å². The highest BCUT2D eigenvalue weighted by molar-refractivity contribution is 5.91. The molecule has 1 aromatic heterocycles. The van der Waals surface area contributed by atoms with Gasteiger partial charge in [-0.1, -0.05) is 30.7 Å². The van der Waals surface area contributed by atoms with E-state index in [4.69, 9.17) is 4.74 Å². The fraction of sp³-hybridized carbons (Fsp3) is 0.400. The standard InChI is InChI=1S/C30H34N4O2/c1-36-30(35)12-10-23-9-11-28-26(19-23)27-22-33(21-25-8-4-3-7-24(25)20-31)16-13-29(27)34(28)18-17-32-14-5-2-6-15-32/h3-4,7-12,19H,2,5-6,13-18,21-22H2,1H3/b12-10+. The number of aromatic nitrogens is 1. The first-order valence-electron chi connectivity index (χ1n) is 13.0. The van der Waals surface area contributed by atoms with E-state index in [0.29, 0.717) is 0 Å². The van der Waals surface area contributed by atoms with Crippen LogP contribution in [-0.2, 0) is 35.6 Å². The average molecular weight is 483 g/mol. The number of rotatable bonds is 7. The van der Waals surface area contributed by atoms with Gasteiger partial charge >= 0.3 is 5.97 Å². The van der Waals surface area contributed by atoms with Crippen LogP contribution in [-0.4, -0.2) is 53.6 Å². The van der Waals surface area contributed by atoms with Crippen molar-refractivity contribution in [2.45, 2.75) is 45.3 Å². The number of carbonyl (C=O) groups is 1. The summed E-state index contributed by atoms with van der Waals surface area (Å²) in [5, 5.41) is 10.8. The lowest BCUT2D eigenvalue weighted by atomic mass is 10.0. The largest absolute Gasteiger partial charge is 0.466 e. The molecule has 6 nitrogen and oxygen atoms in total. The van der Waals surface area contributed by atoms with Crippen molar-refractivity contribution >= 4 is 22.9 Å². The number of piperidine rings is 1. The van der Waals surface area contributed by atoms with E-state index in [1.54, 1.807) is 0 Å². The monoisotopic (exact) mass is 482 g/mol. The fourth-order valence-corrected chi connectivity index (χ4v) is 5.68. The van der Waals surface area contributed by atoms with Gasteiger partial charge in [0.1, 0.15) is 0 Å². The molecule has 6 heteroatoms. The Morgan fingerprint density at radius 3 is 2.69 bits per heavy atom. The second-order valence-electron chi connectivity index (χ2n) is 9.84. The second-order valence-corrected chi connectivity index (χ2v) is 9.84. The molecule has 2 aliphatic heterocycles. The van der Waals surface area contributed by atoms with Gasteiger partial charge in [-0.15, -0.1) is 0 Å². The maximum atomic E-state index is 11.6. The number of hydrogen-bond donors (Lipinski definition) is 0. The SMILES string of the molecule is COC(=O)/C=C/c1ccc2c(c1)c1c(n2CCN2CCCCC2)CCN(Cc2ccccc2C#N)C1. The number of hydrogen-bond acceptors (Lipinski definition) is 5. The van der Waals surface area contributed by atoms with E-state index in [-0.39, 0.29) is 5.97 Å². The van der Waals surface area contributed by atoms with Crippen LogP contribution in [0, 0.1) is 11.3 Å². The van der Waals surface area contributed by atoms with Crippen LogP contribution >= 0.6 is 0 Å². The highest BCUT2D eigenvalue weighted by Gasteiger charge is 2.25. The molecular weight excluding hydrogens is 448 g/mol. The summed E-state index contributed by atoms with van der Waals surface area (Å²) < 4.78 is 7.30. The highest BCUT2D eigenvalue weighted by atomic mass is 16.5. The van der Waals surface area contributed by atoms with E-state index >= 15 is 0 Å². The number of ether oxygens (including phenoxy) is 1. The minimum Gasteiger partial charge on any atom is -0.466 e. The lowest BCUT2D eigenvalue weighted by molar-refractivity contribution is -0.134. The molecule has 36 heavy (non-hydrogen) atoms. The Labute approximate surface area is 213 Å². The van der Waals surface area contributed by atoms with Crippen molar-refractivity contribution < 1.29 is 9.53 Å². The smallest absolute Gasteiger partial charge is 0.330 e. The molecule has 0 aliphatic carbocycles. The Bertz CT molecular complexity index is 1310. The molecule has 0 atom stereocenters. The first-order chi connectivity index (χ1) is 17.7. The maximum Gasteiger partial charge on any atom is 0.330 e. The summed E-state index contributed by atoms with van der Waals surface area (Å²) in [4.78, 5) is 16.7. The molecule has 3 aromatic rings. The zero-order valence-corrected chi connectivity index (χ0v) is 21.1. The third-order valence-corrected chi connectivity index (χ3v) is 7.59. The lowest BCUT2D eigenvalue weighted by Gasteiger charge is -2.30. The summed E-state index contributed by atoms with van der Waals surface area (Å²) in [6.07, 6.45) is 8.26. The number of esters is 1. The quantitative estimate of drug-likeness (QED) is 0.360. The Morgan fingerprint density at radius 1 is 1.06 bits per heavy atom. The molecular formula is C30H34N4O2. The predicted molar refractivity (Wildman–Crippen MR) is 142 cm³/mol. The van der Waals surface area contributed by atoms with Crippen LogP contribution in [0.4, 0.5) is 0 Å². The molecule has 2 aromatic carbocycles. The van der Waals surface area contributed by atoms with Gasteiger partial charge < -0.3 is 14.2 Å². The summed E-state index contributed by atoms with van der Waals surface area (Å²) in [6.45, 7) is 7.09. The van der Waals surface area contributed by atoms with Crippen molar-refractivity contribution in [2.24, 2.45) is 0 Å². The van der Waals surface area contributed by atoms with Gasteiger partial charge in [0.15, 0.2) is 0 Å². The summed E-state index contributed by atoms with van der Waals surface area (Å²) in [5.41, 5.74) is 6.90. The number of methoxy groups -OCH3 is 1. The number of nitriles is 1. The minimum atomic E-state index is -0.349. The van der Waals surface area contributed by atoms with E-state index < -0.39 is 0 Å². The number of likely N-dealkylation sites (tertiary alicyclic amines) is 1. The van der Waals surface area contributed by atoms with Crippen molar-refractivity contribution in [3.8, 4) is 6.07 Å². The molecule has 0 amide bonds. The van der Waals surface area contributed by atoms with Crippen LogP contribution in [0.2, 0.25) is 0 Å². The summed E-state index contributed by atoms with van der Waals surface area (Å²) in [5.74, 6) is -0.349. The molecule has 5 rings (SSSR count). The second kappa shape index (κ2) is 11.1. The van der Waals surface area contributed by atoms with Crippen LogP contribution in [0.3, 0.4) is 0 Å². The molecule has 0 bridgehead atoms. The van der Waals surface area contributed by atoms with Crippen molar-refractivity contribution in [2.75, 3.05) is 33.3 Å². The van der Waals surface area contributed by atoms with Gasteiger partial charge in [-0.2, -0.15) is 5.26 Å². The van der Waals surface area contributed by atoms with E-state index in [1.165, 1.54) is 67.7 Å². The van der Waals surface area contributed by atoms with Crippen molar-refractivity contribution in [3.05, 3.63) is 76.5 Å². The topological polar surface area (TPSA) is 61.5 Å². The van der Waals surface area contributed by atoms with E-state index in [0.717, 1.165) is 55.8 Å². The van der Waals surface area contributed by atoms with Crippen LogP contribution < -0.4 is 0 Å². The van der Waals surface area contributed by atoms with E-state index in [1.807, 2.05) is 24.3 Å². The molecule has 0 unspecified atom stereocenters. The Balaban J connectivity index is 1.46. The molecule has 3 heterocycles. The number of benzene rings is 2. The highest BCUT2D eigenvalue weighted by Crippen LogP contribution is 2.33. The first-order valence-corrected chi connectivity index (χ1v) is 13.0. The molecule has 1 saturated heterocycles. The number of carbonyl (C=O) groups excluding carboxylic acids is 1. The van der Waals surface area contributed by atoms with Gasteiger partial charge in [0.25, 0.3) is 0 Å². The maximum absolute atomic E-state index is 11.6. The van der Waals surface area contributed by atoms with Gasteiger partial charge in [-0.3, -0.25) is 4.90 Å². The van der Waals surface area contributed by atoms with Crippen LogP contribution in [0.15, 0.2) is 48.5 Å². The minimum absolute atomic E-state index is 0.349. The zero-order chi connectivity index (χ0) is 24.9. The molecule has 0 radical (unpaired) electrons. The fourth-order valence-electron chi connectivity index (χ4n) is 5.68. The Kier molecular flexibility index (Phi) is 7.50. The zero-order valence-electron chi connectivity index (χ0n) is 21.1. The van der Waals surface area contributed by atoms with Gasteiger partial charge in [0.2, 0.25) is 0 Å². The number of nitrogens with zero attached hydrogens (tertiary/aromatic N) is 4. The molecule has 186 valence electrons. The average Bonchev–Trinajstić information content (AvgIpc) is 3.23. The summed E-state index contributed by atoms with van der Waals surface area (Å²) >= 11 is 0. The van der Waals surface area contributed by atoms with Crippen molar-refractivity contribution in [1.82, 2.24) is 14.4 Å². The van der Waals surface area contributed by atoms with Gasteiger partial charge in [0, 0.05) is 61.8 Å². The summed E-state index contributed by atoms with van der Waals surface area (Å²) in [7, 11) is 1.40. The van der Waals surface area contributed by atoms with Crippen LogP contribution in [0.5, 0.6) is 0 Å². The normalized spacial score (nSPS) is 16.8. The molecule has 1 fully saturated rings. The third kappa shape index (κ3) is 5.23. The predicted octanol–water partition coefficient (Wildman–Crippen LogP) is 4.74. The third-order valence-electron chi connectivity index (χ3n) is 7.59. The molecule has 0 spiro atoms. The first kappa shape index (κ1) is 24.3. The van der Waals surface area contributed by atoms with Gasteiger partial charge in [0.05, 0.1) is 18.7 Å². The molecule has 0 N–H and O–H groups in total. The van der Waals surface area contributed by atoms with Crippen molar-refractivity contribution in [1.29, 1.82) is 5.26 Å². The van der Waals surface area contributed by atoms with E-state index in [2.05, 4.69) is 44.7 Å². The molecule has 2 aliphatic rings. The van der Waals surface area contributed by atoms with Gasteiger partial charge in [-0.05, 0) is 66.9 Å². The van der Waals surface area contributed by atoms with E-state index in [9.17, 15) is 10.1 Å². The lowest BCUT2D eigenvalue weighted by Crippen LogP contribution is -2.34. The van der Waals surface area contributed by atoms with Crippen LogP contribution in [0.1, 0.15) is 47.2 Å². The Morgan fingerprint density at radius 2 is 1.89 bits per heavy atom.